The fourth-order valence-electron chi connectivity index (χ4n) is 1.73. The van der Waals surface area contributed by atoms with Gasteiger partial charge < -0.3 is 15.4 Å². The second kappa shape index (κ2) is 8.59. The average Bonchev–Trinajstić information content (AvgIpc) is 2.47. The Kier molecular flexibility index (Phi) is 7.09. The molecule has 0 radical (unpaired) electrons. The molecule has 1 aromatic rings. The van der Waals surface area contributed by atoms with Crippen molar-refractivity contribution in [2.24, 2.45) is 4.99 Å². The Morgan fingerprint density at radius 1 is 1.20 bits per heavy atom. The van der Waals surface area contributed by atoms with Crippen molar-refractivity contribution in [1.82, 2.24) is 10.6 Å². The van der Waals surface area contributed by atoms with E-state index in [0.29, 0.717) is 0 Å². The van der Waals surface area contributed by atoms with Gasteiger partial charge in [0.2, 0.25) is 0 Å². The Balaban J connectivity index is 2.22. The molecule has 2 N–H and O–H groups in total. The Morgan fingerprint density at radius 3 is 2.50 bits per heavy atom. The minimum absolute atomic E-state index is 0.193. The van der Waals surface area contributed by atoms with Crippen molar-refractivity contribution in [2.45, 2.75) is 32.3 Å². The van der Waals surface area contributed by atoms with Crippen molar-refractivity contribution in [1.29, 1.82) is 0 Å². The van der Waals surface area contributed by atoms with Crippen LogP contribution in [-0.2, 0) is 11.2 Å². The van der Waals surface area contributed by atoms with Gasteiger partial charge >= 0.3 is 0 Å². The average molecular weight is 277 g/mol. The number of guanidine groups is 1. The summed E-state index contributed by atoms with van der Waals surface area (Å²) in [4.78, 5) is 4.21. The van der Waals surface area contributed by atoms with Crippen molar-refractivity contribution in [2.75, 3.05) is 27.2 Å². The van der Waals surface area contributed by atoms with Crippen LogP contribution in [0.3, 0.4) is 0 Å². The van der Waals surface area contributed by atoms with Crippen molar-refractivity contribution < 1.29 is 4.74 Å². The van der Waals surface area contributed by atoms with Gasteiger partial charge in [0.1, 0.15) is 0 Å². The summed E-state index contributed by atoms with van der Waals surface area (Å²) >= 11 is 0. The summed E-state index contributed by atoms with van der Waals surface area (Å²) in [7, 11) is 3.50. The summed E-state index contributed by atoms with van der Waals surface area (Å²) in [6, 6.07) is 10.5. The number of methoxy groups -OCH3 is 1. The molecule has 0 bridgehead atoms. The first-order chi connectivity index (χ1) is 9.57. The largest absolute Gasteiger partial charge is 0.377 e. The van der Waals surface area contributed by atoms with E-state index < -0.39 is 0 Å². The number of benzene rings is 1. The maximum atomic E-state index is 5.37. The van der Waals surface area contributed by atoms with Crippen molar-refractivity contribution in [3.8, 4) is 0 Å². The second-order valence-electron chi connectivity index (χ2n) is 5.41. The topological polar surface area (TPSA) is 45.7 Å². The number of nitrogens with zero attached hydrogens (tertiary/aromatic N) is 1. The van der Waals surface area contributed by atoms with Crippen LogP contribution in [0.15, 0.2) is 35.3 Å². The predicted molar refractivity (Wildman–Crippen MR) is 85.2 cm³/mol. The molecule has 20 heavy (non-hydrogen) atoms. The molecule has 0 aliphatic rings. The number of aliphatic imine (C=N–C) groups is 1. The van der Waals surface area contributed by atoms with Gasteiger partial charge in [-0.25, -0.2) is 0 Å². The van der Waals surface area contributed by atoms with Crippen LogP contribution in [0.4, 0.5) is 0 Å². The van der Waals surface area contributed by atoms with Crippen LogP contribution in [0, 0.1) is 0 Å². The van der Waals surface area contributed by atoms with Gasteiger partial charge in [-0.15, -0.1) is 0 Å². The molecule has 0 saturated heterocycles. The number of hydrogen-bond acceptors (Lipinski definition) is 2. The van der Waals surface area contributed by atoms with Gasteiger partial charge in [-0.05, 0) is 32.3 Å². The molecule has 1 rings (SSSR count). The summed E-state index contributed by atoms with van der Waals surface area (Å²) in [6.07, 6.45) is 2.16. The summed E-state index contributed by atoms with van der Waals surface area (Å²) in [5.41, 5.74) is 1.18. The third kappa shape index (κ3) is 6.57. The van der Waals surface area contributed by atoms with E-state index in [0.717, 1.165) is 31.9 Å². The smallest absolute Gasteiger partial charge is 0.191 e. The molecular formula is C16H27N3O. The zero-order valence-corrected chi connectivity index (χ0v) is 13.1. The summed E-state index contributed by atoms with van der Waals surface area (Å²) in [5, 5.41) is 6.59. The van der Waals surface area contributed by atoms with Gasteiger partial charge in [0.15, 0.2) is 5.96 Å². The third-order valence-electron chi connectivity index (χ3n) is 3.24. The van der Waals surface area contributed by atoms with Gasteiger partial charge in [0.05, 0.1) is 5.60 Å². The number of rotatable bonds is 7. The molecular weight excluding hydrogens is 250 g/mol. The fraction of sp³-hybridized carbons (Fsp3) is 0.562. The molecule has 0 unspecified atom stereocenters. The van der Waals surface area contributed by atoms with Crippen LogP contribution in [-0.4, -0.2) is 38.8 Å². The Labute approximate surface area is 122 Å². The Bertz CT molecular complexity index is 401. The molecule has 0 spiro atoms. The SMILES string of the molecule is CN=C(NCCCc1ccccc1)NCC(C)(C)OC. The number of hydrogen-bond donors (Lipinski definition) is 2. The van der Waals surface area contributed by atoms with Gasteiger partial charge in [-0.3, -0.25) is 4.99 Å². The fourth-order valence-corrected chi connectivity index (χ4v) is 1.73. The van der Waals surface area contributed by atoms with E-state index in [1.807, 2.05) is 19.9 Å². The van der Waals surface area contributed by atoms with E-state index in [9.17, 15) is 0 Å². The first-order valence-electron chi connectivity index (χ1n) is 7.11. The van der Waals surface area contributed by atoms with Crippen LogP contribution in [0.2, 0.25) is 0 Å². The van der Waals surface area contributed by atoms with Crippen LogP contribution < -0.4 is 10.6 Å². The molecule has 0 atom stereocenters. The lowest BCUT2D eigenvalue weighted by Crippen LogP contribution is -2.45. The molecule has 4 heteroatoms. The molecule has 0 aliphatic carbocycles. The van der Waals surface area contributed by atoms with Crippen molar-refractivity contribution >= 4 is 5.96 Å². The normalized spacial score (nSPS) is 12.3. The molecule has 0 fully saturated rings. The van der Waals surface area contributed by atoms with E-state index in [2.05, 4.69) is 39.9 Å². The minimum Gasteiger partial charge on any atom is -0.377 e. The summed E-state index contributed by atoms with van der Waals surface area (Å²) in [5.74, 6) is 0.822. The molecule has 1 aromatic carbocycles. The zero-order valence-electron chi connectivity index (χ0n) is 13.1. The summed E-state index contributed by atoms with van der Waals surface area (Å²) in [6.45, 7) is 5.72. The number of aryl methyl sites for hydroxylation is 1. The van der Waals surface area contributed by atoms with Crippen LogP contribution in [0.1, 0.15) is 25.8 Å². The van der Waals surface area contributed by atoms with Crippen LogP contribution >= 0.6 is 0 Å². The highest BCUT2D eigenvalue weighted by molar-refractivity contribution is 5.79. The van der Waals surface area contributed by atoms with Crippen LogP contribution in [0.5, 0.6) is 0 Å². The van der Waals surface area contributed by atoms with Gasteiger partial charge in [0, 0.05) is 27.2 Å². The molecule has 0 aliphatic heterocycles. The van der Waals surface area contributed by atoms with Gasteiger partial charge in [0.25, 0.3) is 0 Å². The van der Waals surface area contributed by atoms with Crippen LogP contribution in [0.25, 0.3) is 0 Å². The summed E-state index contributed by atoms with van der Waals surface area (Å²) < 4.78 is 5.37. The van der Waals surface area contributed by atoms with Crippen molar-refractivity contribution in [3.63, 3.8) is 0 Å². The molecule has 0 heterocycles. The standard InChI is InChI=1S/C16H27N3O/c1-16(2,20-4)13-19-15(17-3)18-12-8-11-14-9-6-5-7-10-14/h5-7,9-10H,8,11-13H2,1-4H3,(H2,17,18,19). The highest BCUT2D eigenvalue weighted by Crippen LogP contribution is 2.04. The lowest BCUT2D eigenvalue weighted by Gasteiger charge is -2.24. The second-order valence-corrected chi connectivity index (χ2v) is 5.41. The first kappa shape index (κ1) is 16.5. The first-order valence-corrected chi connectivity index (χ1v) is 7.11. The van der Waals surface area contributed by atoms with E-state index in [4.69, 9.17) is 4.74 Å². The van der Waals surface area contributed by atoms with E-state index >= 15 is 0 Å². The lowest BCUT2D eigenvalue weighted by atomic mass is 10.1. The number of nitrogens with one attached hydrogen (secondary N) is 2. The quantitative estimate of drug-likeness (QED) is 0.456. The van der Waals surface area contributed by atoms with Crippen molar-refractivity contribution in [3.05, 3.63) is 35.9 Å². The van der Waals surface area contributed by atoms with Gasteiger partial charge in [-0.2, -0.15) is 0 Å². The molecule has 112 valence electrons. The maximum Gasteiger partial charge on any atom is 0.191 e. The third-order valence-corrected chi connectivity index (χ3v) is 3.24. The van der Waals surface area contributed by atoms with Gasteiger partial charge in [-0.1, -0.05) is 30.3 Å². The number of ether oxygens (including phenoxy) is 1. The molecule has 0 saturated carbocycles. The zero-order chi connectivity index (χ0) is 14.8. The Morgan fingerprint density at radius 2 is 1.90 bits per heavy atom. The minimum atomic E-state index is -0.193. The lowest BCUT2D eigenvalue weighted by molar-refractivity contribution is 0.0268. The maximum absolute atomic E-state index is 5.37. The molecule has 0 amide bonds. The molecule has 0 aromatic heterocycles. The highest BCUT2D eigenvalue weighted by Gasteiger charge is 2.16. The molecule has 4 nitrogen and oxygen atoms in total. The van der Waals surface area contributed by atoms with E-state index in [-0.39, 0.29) is 5.60 Å². The monoisotopic (exact) mass is 277 g/mol. The van der Waals surface area contributed by atoms with E-state index in [1.54, 1.807) is 14.2 Å². The predicted octanol–water partition coefficient (Wildman–Crippen LogP) is 2.21. The highest BCUT2D eigenvalue weighted by atomic mass is 16.5. The Hall–Kier alpha value is -1.55. The van der Waals surface area contributed by atoms with E-state index in [1.165, 1.54) is 5.56 Å².